The Morgan fingerprint density at radius 1 is 1.00 bits per heavy atom. The van der Waals surface area contributed by atoms with E-state index in [1.54, 1.807) is 49.4 Å². The lowest BCUT2D eigenvalue weighted by atomic mass is 10.2. The van der Waals surface area contributed by atoms with Gasteiger partial charge in [-0.2, -0.15) is 0 Å². The fourth-order valence-corrected chi connectivity index (χ4v) is 2.34. The summed E-state index contributed by atoms with van der Waals surface area (Å²) in [6.07, 6.45) is 0. The Morgan fingerprint density at radius 3 is 2.23 bits per heavy atom. The van der Waals surface area contributed by atoms with E-state index in [1.165, 1.54) is 18.2 Å². The van der Waals surface area contributed by atoms with Gasteiger partial charge in [-0.15, -0.1) is 0 Å². The van der Waals surface area contributed by atoms with Crippen LogP contribution in [0.2, 0.25) is 0 Å². The zero-order chi connectivity index (χ0) is 18.5. The first kappa shape index (κ1) is 17.4. The molecule has 0 fully saturated rings. The molecule has 0 aliphatic rings. The maximum Gasteiger partial charge on any atom is 0.260 e. The number of carbonyl (C=O) groups excluding carboxylic acids is 1. The fraction of sp³-hybridized carbons (Fsp3) is 0.100. The summed E-state index contributed by atoms with van der Waals surface area (Å²) in [6, 6.07) is 16.0. The number of carbonyl (C=O) groups is 1. The SMILES string of the molecule is Cc1ccc(C(=O)NCc2ccc(Oc3ccc(F)cc3)cc2)c(=O)[nH]1. The average molecular weight is 352 g/mol. The molecule has 1 heterocycles. The molecule has 0 aliphatic heterocycles. The van der Waals surface area contributed by atoms with E-state index in [4.69, 9.17) is 4.74 Å². The van der Waals surface area contributed by atoms with Crippen molar-refractivity contribution in [2.75, 3.05) is 0 Å². The highest BCUT2D eigenvalue weighted by Gasteiger charge is 2.10. The molecule has 0 saturated carbocycles. The quantitative estimate of drug-likeness (QED) is 0.738. The average Bonchev–Trinajstić information content (AvgIpc) is 2.63. The van der Waals surface area contributed by atoms with Gasteiger partial charge < -0.3 is 15.0 Å². The molecule has 0 saturated heterocycles. The molecular weight excluding hydrogens is 335 g/mol. The first-order valence-electron chi connectivity index (χ1n) is 8.02. The Labute approximate surface area is 149 Å². The van der Waals surface area contributed by atoms with Crippen LogP contribution in [0.25, 0.3) is 0 Å². The van der Waals surface area contributed by atoms with Gasteiger partial charge in [-0.25, -0.2) is 4.39 Å². The van der Waals surface area contributed by atoms with E-state index in [2.05, 4.69) is 10.3 Å². The number of aromatic amines is 1. The van der Waals surface area contributed by atoms with Gasteiger partial charge in [0.15, 0.2) is 0 Å². The maximum atomic E-state index is 12.9. The van der Waals surface area contributed by atoms with Crippen LogP contribution in [0.5, 0.6) is 11.5 Å². The number of nitrogens with one attached hydrogen (secondary N) is 2. The minimum absolute atomic E-state index is 0.0758. The van der Waals surface area contributed by atoms with Crippen LogP contribution < -0.4 is 15.6 Å². The molecule has 3 rings (SSSR count). The summed E-state index contributed by atoms with van der Waals surface area (Å²) in [6.45, 7) is 2.03. The molecule has 1 aromatic heterocycles. The number of aryl methyl sites for hydroxylation is 1. The topological polar surface area (TPSA) is 71.2 Å². The molecule has 26 heavy (non-hydrogen) atoms. The zero-order valence-corrected chi connectivity index (χ0v) is 14.1. The van der Waals surface area contributed by atoms with E-state index in [0.717, 1.165) is 5.56 Å². The van der Waals surface area contributed by atoms with Crippen molar-refractivity contribution in [3.05, 3.63) is 93.7 Å². The summed E-state index contributed by atoms with van der Waals surface area (Å²) in [5, 5.41) is 2.71. The van der Waals surface area contributed by atoms with Crippen LogP contribution in [-0.2, 0) is 6.54 Å². The van der Waals surface area contributed by atoms with Crippen molar-refractivity contribution in [3.8, 4) is 11.5 Å². The second kappa shape index (κ2) is 7.65. The van der Waals surface area contributed by atoms with Crippen molar-refractivity contribution in [3.63, 3.8) is 0 Å². The number of H-pyrrole nitrogens is 1. The van der Waals surface area contributed by atoms with Gasteiger partial charge in [0.1, 0.15) is 22.9 Å². The van der Waals surface area contributed by atoms with E-state index in [1.807, 2.05) is 0 Å². The van der Waals surface area contributed by atoms with Crippen molar-refractivity contribution in [1.29, 1.82) is 0 Å². The van der Waals surface area contributed by atoms with E-state index >= 15 is 0 Å². The van der Waals surface area contributed by atoms with E-state index in [0.29, 0.717) is 17.2 Å². The maximum absolute atomic E-state index is 12.9. The standard InChI is InChI=1S/C20H17FN2O3/c1-13-2-11-18(20(25)23-13)19(24)22-12-14-3-7-16(8-4-14)26-17-9-5-15(21)6-10-17/h2-11H,12H2,1H3,(H,22,24)(H,23,25). The summed E-state index contributed by atoms with van der Waals surface area (Å²) in [5.74, 6) is 0.376. The number of rotatable bonds is 5. The van der Waals surface area contributed by atoms with E-state index < -0.39 is 11.5 Å². The number of benzene rings is 2. The second-order valence-corrected chi connectivity index (χ2v) is 5.77. The number of halogens is 1. The van der Waals surface area contributed by atoms with Crippen LogP contribution in [0.4, 0.5) is 4.39 Å². The Bertz CT molecular complexity index is 964. The zero-order valence-electron chi connectivity index (χ0n) is 14.1. The van der Waals surface area contributed by atoms with Crippen molar-refractivity contribution in [1.82, 2.24) is 10.3 Å². The van der Waals surface area contributed by atoms with Crippen molar-refractivity contribution >= 4 is 5.91 Å². The summed E-state index contributed by atoms with van der Waals surface area (Å²) >= 11 is 0. The second-order valence-electron chi connectivity index (χ2n) is 5.77. The Morgan fingerprint density at radius 2 is 1.62 bits per heavy atom. The van der Waals surface area contributed by atoms with Gasteiger partial charge in [0.2, 0.25) is 0 Å². The van der Waals surface area contributed by atoms with Gasteiger partial charge in [-0.05, 0) is 61.0 Å². The van der Waals surface area contributed by atoms with Gasteiger partial charge in [-0.1, -0.05) is 12.1 Å². The molecule has 0 radical (unpaired) electrons. The van der Waals surface area contributed by atoms with Crippen molar-refractivity contribution < 1.29 is 13.9 Å². The minimum atomic E-state index is -0.433. The van der Waals surface area contributed by atoms with Gasteiger partial charge in [0.05, 0.1) is 0 Å². The van der Waals surface area contributed by atoms with Gasteiger partial charge in [-0.3, -0.25) is 9.59 Å². The molecule has 0 spiro atoms. The van der Waals surface area contributed by atoms with Crippen LogP contribution in [0.1, 0.15) is 21.6 Å². The van der Waals surface area contributed by atoms with Crippen molar-refractivity contribution in [2.45, 2.75) is 13.5 Å². The predicted octanol–water partition coefficient (Wildman–Crippen LogP) is 3.54. The molecule has 5 nitrogen and oxygen atoms in total. The molecule has 3 aromatic rings. The molecule has 2 N–H and O–H groups in total. The number of aromatic nitrogens is 1. The van der Waals surface area contributed by atoms with Crippen LogP contribution in [-0.4, -0.2) is 10.9 Å². The third kappa shape index (κ3) is 4.36. The smallest absolute Gasteiger partial charge is 0.260 e. The fourth-order valence-electron chi connectivity index (χ4n) is 2.34. The van der Waals surface area contributed by atoms with Gasteiger partial charge in [0.25, 0.3) is 11.5 Å². The minimum Gasteiger partial charge on any atom is -0.457 e. The molecule has 0 aliphatic carbocycles. The van der Waals surface area contributed by atoms with Crippen LogP contribution in [0.3, 0.4) is 0 Å². The molecular formula is C20H17FN2O3. The molecule has 6 heteroatoms. The molecule has 0 atom stereocenters. The highest BCUT2D eigenvalue weighted by molar-refractivity contribution is 5.93. The number of pyridine rings is 1. The number of amides is 1. The van der Waals surface area contributed by atoms with Crippen LogP contribution in [0, 0.1) is 12.7 Å². The third-order valence-corrected chi connectivity index (χ3v) is 3.73. The van der Waals surface area contributed by atoms with Gasteiger partial charge in [0, 0.05) is 12.2 Å². The Kier molecular flexibility index (Phi) is 5.12. The molecule has 2 aromatic carbocycles. The summed E-state index contributed by atoms with van der Waals surface area (Å²) in [5.41, 5.74) is 1.22. The molecule has 1 amide bonds. The van der Waals surface area contributed by atoms with Crippen LogP contribution in [0.15, 0.2) is 65.5 Å². The van der Waals surface area contributed by atoms with Gasteiger partial charge >= 0.3 is 0 Å². The summed E-state index contributed by atoms with van der Waals surface area (Å²) < 4.78 is 18.5. The third-order valence-electron chi connectivity index (χ3n) is 3.73. The summed E-state index contributed by atoms with van der Waals surface area (Å²) in [7, 11) is 0. The predicted molar refractivity (Wildman–Crippen MR) is 95.9 cm³/mol. The largest absolute Gasteiger partial charge is 0.457 e. The number of hydrogen-bond acceptors (Lipinski definition) is 3. The highest BCUT2D eigenvalue weighted by Crippen LogP contribution is 2.21. The first-order valence-corrected chi connectivity index (χ1v) is 8.02. The number of hydrogen-bond donors (Lipinski definition) is 2. The first-order chi connectivity index (χ1) is 12.5. The monoisotopic (exact) mass is 352 g/mol. The Balaban J connectivity index is 1.59. The molecule has 0 unspecified atom stereocenters. The lowest BCUT2D eigenvalue weighted by Crippen LogP contribution is -2.29. The Hall–Kier alpha value is -3.41. The normalized spacial score (nSPS) is 10.4. The molecule has 132 valence electrons. The van der Waals surface area contributed by atoms with Crippen LogP contribution >= 0.6 is 0 Å². The van der Waals surface area contributed by atoms with E-state index in [-0.39, 0.29) is 17.9 Å². The lowest BCUT2D eigenvalue weighted by molar-refractivity contribution is 0.0949. The van der Waals surface area contributed by atoms with E-state index in [9.17, 15) is 14.0 Å². The van der Waals surface area contributed by atoms with Crippen molar-refractivity contribution in [2.24, 2.45) is 0 Å². The highest BCUT2D eigenvalue weighted by atomic mass is 19.1. The lowest BCUT2D eigenvalue weighted by Gasteiger charge is -2.08. The summed E-state index contributed by atoms with van der Waals surface area (Å²) in [4.78, 5) is 26.5. The molecule has 0 bridgehead atoms. The number of ether oxygens (including phenoxy) is 1.